The molecule has 0 aromatic rings. The highest BCUT2D eigenvalue weighted by molar-refractivity contribution is 6.68. The minimum Gasteiger partial charge on any atom is -0.370 e. The first-order valence-electron chi connectivity index (χ1n) is 10.1. The van der Waals surface area contributed by atoms with E-state index >= 15 is 0 Å². The van der Waals surface area contributed by atoms with E-state index in [1.807, 2.05) is 0 Å². The molecule has 0 aromatic carbocycles. The zero-order valence-corrected chi connectivity index (χ0v) is 17.1. The van der Waals surface area contributed by atoms with Crippen molar-refractivity contribution in [3.63, 3.8) is 0 Å². The Hall–Kier alpha value is -0.423. The maximum absolute atomic E-state index is 6.39. The lowest BCUT2D eigenvalue weighted by Crippen LogP contribution is -2.49. The second-order valence-corrected chi connectivity index (χ2v) is 9.15. The molecule has 1 aliphatic rings. The molecule has 0 radical (unpaired) electrons. The molecule has 0 heterocycles. The van der Waals surface area contributed by atoms with Gasteiger partial charge in [-0.2, -0.15) is 0 Å². The fourth-order valence-electron chi connectivity index (χ4n) is 2.65. The van der Waals surface area contributed by atoms with Crippen molar-refractivity contribution in [3.8, 4) is 0 Å². The van der Waals surface area contributed by atoms with Crippen LogP contribution in [0.15, 0.2) is 23.4 Å². The molecule has 0 fully saturated rings. The molecule has 140 valence electrons. The van der Waals surface area contributed by atoms with E-state index in [0.29, 0.717) is 0 Å². The molecule has 0 saturated heterocycles. The first kappa shape index (κ1) is 21.6. The van der Waals surface area contributed by atoms with E-state index < -0.39 is 8.80 Å². The second-order valence-electron chi connectivity index (χ2n) is 6.53. The summed E-state index contributed by atoms with van der Waals surface area (Å²) in [5, 5.41) is 1.28. The van der Waals surface area contributed by atoms with Gasteiger partial charge in [-0.3, -0.25) is 0 Å². The van der Waals surface area contributed by atoms with Gasteiger partial charge in [0.1, 0.15) is 0 Å². The number of rotatable bonds is 13. The summed E-state index contributed by atoms with van der Waals surface area (Å²) in [7, 11) is -2.75. The highest BCUT2D eigenvalue weighted by Crippen LogP contribution is 2.28. The van der Waals surface area contributed by atoms with Gasteiger partial charge in [0.2, 0.25) is 0 Å². The minimum atomic E-state index is -2.75. The van der Waals surface area contributed by atoms with E-state index in [1.165, 1.54) is 24.5 Å². The number of allylic oxidation sites excluding steroid dienone is 4. The molecule has 0 aliphatic heterocycles. The molecule has 0 unspecified atom stereocenters. The number of hydrogen-bond acceptors (Lipinski definition) is 3. The van der Waals surface area contributed by atoms with Crippen molar-refractivity contribution in [1.82, 2.24) is 0 Å². The maximum atomic E-state index is 6.39. The summed E-state index contributed by atoms with van der Waals surface area (Å²) in [6.07, 6.45) is 17.9. The maximum Gasteiger partial charge on any atom is 0.532 e. The SMILES string of the molecule is CCCCO[Si](OCCCC)(OCCCC)/C1=C/C=C\CCCC1. The quantitative estimate of drug-likeness (QED) is 0.301. The van der Waals surface area contributed by atoms with Gasteiger partial charge >= 0.3 is 8.80 Å². The predicted octanol–water partition coefficient (Wildman–Crippen LogP) is 5.97. The minimum absolute atomic E-state index is 0.738. The van der Waals surface area contributed by atoms with E-state index in [4.69, 9.17) is 13.3 Å². The predicted molar refractivity (Wildman–Crippen MR) is 104 cm³/mol. The lowest BCUT2D eigenvalue weighted by molar-refractivity contribution is 0.0642. The summed E-state index contributed by atoms with van der Waals surface area (Å²) in [5.41, 5.74) is 0. The van der Waals surface area contributed by atoms with Gasteiger partial charge < -0.3 is 13.3 Å². The zero-order valence-electron chi connectivity index (χ0n) is 16.1. The average molecular weight is 355 g/mol. The van der Waals surface area contributed by atoms with Gasteiger partial charge in [0.15, 0.2) is 0 Å². The van der Waals surface area contributed by atoms with Crippen LogP contribution in [0, 0.1) is 0 Å². The van der Waals surface area contributed by atoms with Crippen molar-refractivity contribution < 1.29 is 13.3 Å². The Bertz CT molecular complexity index is 339. The van der Waals surface area contributed by atoms with Gasteiger partial charge in [-0.15, -0.1) is 0 Å². The average Bonchev–Trinajstić information content (AvgIpc) is 2.55. The largest absolute Gasteiger partial charge is 0.532 e. The topological polar surface area (TPSA) is 27.7 Å². The van der Waals surface area contributed by atoms with Crippen LogP contribution in [0.4, 0.5) is 0 Å². The Kier molecular flexibility index (Phi) is 12.5. The van der Waals surface area contributed by atoms with E-state index in [9.17, 15) is 0 Å². The van der Waals surface area contributed by atoms with E-state index in [-0.39, 0.29) is 0 Å². The Labute approximate surface area is 150 Å². The lowest BCUT2D eigenvalue weighted by atomic mass is 10.1. The van der Waals surface area contributed by atoms with Crippen LogP contribution in [0.5, 0.6) is 0 Å². The zero-order chi connectivity index (χ0) is 17.5. The summed E-state index contributed by atoms with van der Waals surface area (Å²) in [6.45, 7) is 8.80. The van der Waals surface area contributed by atoms with E-state index in [2.05, 4.69) is 39.0 Å². The molecule has 0 saturated carbocycles. The second kappa shape index (κ2) is 13.8. The third-order valence-corrected chi connectivity index (χ3v) is 7.22. The van der Waals surface area contributed by atoms with Crippen molar-refractivity contribution in [1.29, 1.82) is 0 Å². The van der Waals surface area contributed by atoms with E-state index in [0.717, 1.165) is 64.8 Å². The van der Waals surface area contributed by atoms with Crippen LogP contribution in [0.25, 0.3) is 0 Å². The van der Waals surface area contributed by atoms with Crippen molar-refractivity contribution in [3.05, 3.63) is 23.4 Å². The van der Waals surface area contributed by atoms with Gasteiger partial charge in [0, 0.05) is 25.0 Å². The lowest BCUT2D eigenvalue weighted by Gasteiger charge is -2.32. The third kappa shape index (κ3) is 8.10. The molecule has 4 heteroatoms. The number of hydrogen-bond donors (Lipinski definition) is 0. The van der Waals surface area contributed by atoms with Crippen LogP contribution >= 0.6 is 0 Å². The molecule has 0 amide bonds. The molecular formula is C20H38O3Si. The van der Waals surface area contributed by atoms with Gasteiger partial charge in [-0.05, 0) is 44.9 Å². The highest BCUT2D eigenvalue weighted by Gasteiger charge is 2.45. The van der Waals surface area contributed by atoms with Gasteiger partial charge in [-0.25, -0.2) is 0 Å². The fourth-order valence-corrected chi connectivity index (χ4v) is 5.48. The molecule has 1 rings (SSSR count). The van der Waals surface area contributed by atoms with Crippen molar-refractivity contribution in [2.45, 2.75) is 85.0 Å². The summed E-state index contributed by atoms with van der Waals surface area (Å²) < 4.78 is 19.2. The molecule has 0 atom stereocenters. The van der Waals surface area contributed by atoms with Gasteiger partial charge in [0.25, 0.3) is 0 Å². The summed E-state index contributed by atoms with van der Waals surface area (Å²) in [5.74, 6) is 0. The van der Waals surface area contributed by atoms with Crippen LogP contribution < -0.4 is 0 Å². The molecule has 3 nitrogen and oxygen atoms in total. The Morgan fingerprint density at radius 1 is 0.833 bits per heavy atom. The van der Waals surface area contributed by atoms with Crippen LogP contribution in [0.3, 0.4) is 0 Å². The summed E-state index contributed by atoms with van der Waals surface area (Å²) >= 11 is 0. The summed E-state index contributed by atoms with van der Waals surface area (Å²) in [6, 6.07) is 0. The molecule has 0 bridgehead atoms. The van der Waals surface area contributed by atoms with Gasteiger partial charge in [-0.1, -0.05) is 58.3 Å². The first-order valence-corrected chi connectivity index (χ1v) is 11.8. The molecule has 0 N–H and O–H groups in total. The Balaban J connectivity index is 2.94. The molecule has 0 aromatic heterocycles. The van der Waals surface area contributed by atoms with Crippen LogP contribution in [0.2, 0.25) is 0 Å². The highest BCUT2D eigenvalue weighted by atomic mass is 28.4. The van der Waals surface area contributed by atoms with Crippen molar-refractivity contribution >= 4 is 8.80 Å². The van der Waals surface area contributed by atoms with Crippen LogP contribution in [-0.4, -0.2) is 28.6 Å². The summed E-state index contributed by atoms with van der Waals surface area (Å²) in [4.78, 5) is 0. The Morgan fingerprint density at radius 3 is 1.88 bits per heavy atom. The monoisotopic (exact) mass is 354 g/mol. The van der Waals surface area contributed by atoms with Crippen molar-refractivity contribution in [2.75, 3.05) is 19.8 Å². The fraction of sp³-hybridized carbons (Fsp3) is 0.800. The Morgan fingerprint density at radius 2 is 1.38 bits per heavy atom. The first-order chi connectivity index (χ1) is 11.8. The molecule has 24 heavy (non-hydrogen) atoms. The van der Waals surface area contributed by atoms with Crippen molar-refractivity contribution in [2.24, 2.45) is 0 Å². The third-order valence-electron chi connectivity index (χ3n) is 4.26. The molecular weight excluding hydrogens is 316 g/mol. The normalized spacial score (nSPS) is 19.4. The van der Waals surface area contributed by atoms with E-state index in [1.54, 1.807) is 0 Å². The smallest absolute Gasteiger partial charge is 0.370 e. The molecule has 1 aliphatic carbocycles. The van der Waals surface area contributed by atoms with Gasteiger partial charge in [0.05, 0.1) is 0 Å². The number of unbranched alkanes of at least 4 members (excludes halogenated alkanes) is 3. The van der Waals surface area contributed by atoms with Crippen LogP contribution in [0.1, 0.15) is 85.0 Å². The van der Waals surface area contributed by atoms with Crippen LogP contribution in [-0.2, 0) is 13.3 Å². The molecule has 0 spiro atoms. The standard InChI is InChI=1S/C20H38O3Si/c1-4-7-17-21-24(22-18-8-5-2,23-19-9-6-3)20-15-13-11-10-12-14-16-20/h11,13,15H,4-10,12,14,16-19H2,1-3H3/b13-11-,20-15+.